The highest BCUT2D eigenvalue weighted by Crippen LogP contribution is 2.32. The normalized spacial score (nSPS) is 21.4. The number of aryl methyl sites for hydroxylation is 1. The van der Waals surface area contributed by atoms with Crippen LogP contribution in [-0.2, 0) is 35.4 Å². The molecular weight excluding hydrogens is 463 g/mol. The summed E-state index contributed by atoms with van der Waals surface area (Å²) in [6.07, 6.45) is -2.29. The molecular formula is C24H34F3N5O3. The molecule has 0 fully saturated rings. The van der Waals surface area contributed by atoms with E-state index in [4.69, 9.17) is 4.74 Å². The third-order valence-corrected chi connectivity index (χ3v) is 6.39. The molecule has 1 aromatic heterocycles. The predicted molar refractivity (Wildman–Crippen MR) is 123 cm³/mol. The van der Waals surface area contributed by atoms with E-state index >= 15 is 0 Å². The molecule has 2 heterocycles. The van der Waals surface area contributed by atoms with Crippen LogP contribution in [0.2, 0.25) is 0 Å². The van der Waals surface area contributed by atoms with Crippen LogP contribution in [0, 0.1) is 5.92 Å². The van der Waals surface area contributed by atoms with Crippen molar-refractivity contribution in [3.05, 3.63) is 47.3 Å². The van der Waals surface area contributed by atoms with Crippen molar-refractivity contribution in [2.24, 2.45) is 5.92 Å². The molecule has 35 heavy (non-hydrogen) atoms. The number of ether oxygens (including phenoxy) is 1. The fourth-order valence-electron chi connectivity index (χ4n) is 4.34. The van der Waals surface area contributed by atoms with E-state index in [-0.39, 0.29) is 49.3 Å². The van der Waals surface area contributed by atoms with Gasteiger partial charge in [-0.05, 0) is 32.0 Å². The minimum atomic E-state index is -4.43. The molecule has 1 aliphatic heterocycles. The van der Waals surface area contributed by atoms with Crippen LogP contribution in [-0.4, -0.2) is 74.7 Å². The minimum Gasteiger partial charge on any atom is -0.394 e. The number of aliphatic hydroxyl groups excluding tert-OH is 1. The number of rotatable bonds is 6. The van der Waals surface area contributed by atoms with Gasteiger partial charge in [-0.15, -0.1) is 5.10 Å². The second kappa shape index (κ2) is 12.0. The average Bonchev–Trinajstić information content (AvgIpc) is 3.25. The fourth-order valence-corrected chi connectivity index (χ4v) is 4.34. The van der Waals surface area contributed by atoms with E-state index in [1.54, 1.807) is 40.7 Å². The zero-order chi connectivity index (χ0) is 25.6. The van der Waals surface area contributed by atoms with Gasteiger partial charge in [0, 0.05) is 38.5 Å². The molecule has 0 aliphatic carbocycles. The first-order valence-electron chi connectivity index (χ1n) is 11.8. The predicted octanol–water partition coefficient (Wildman–Crippen LogP) is 2.95. The summed E-state index contributed by atoms with van der Waals surface area (Å²) in [4.78, 5) is 16.4. The van der Waals surface area contributed by atoms with Crippen molar-refractivity contribution in [2.75, 3.05) is 26.7 Å². The number of aromatic nitrogens is 3. The van der Waals surface area contributed by atoms with E-state index in [2.05, 4.69) is 10.3 Å². The number of benzene rings is 1. The quantitative estimate of drug-likeness (QED) is 0.661. The minimum absolute atomic E-state index is 0.0631. The molecule has 0 radical (unpaired) electrons. The number of carbonyl (C=O) groups is 1. The number of carbonyl (C=O) groups excluding carboxylic acids is 1. The summed E-state index contributed by atoms with van der Waals surface area (Å²) in [6, 6.07) is 5.20. The van der Waals surface area contributed by atoms with Crippen LogP contribution < -0.4 is 0 Å². The highest BCUT2D eigenvalue weighted by molar-refractivity contribution is 5.76. The molecule has 0 saturated carbocycles. The van der Waals surface area contributed by atoms with Crippen LogP contribution in [0.3, 0.4) is 0 Å². The lowest BCUT2D eigenvalue weighted by Gasteiger charge is -2.35. The van der Waals surface area contributed by atoms with E-state index in [1.807, 2.05) is 6.92 Å². The maximum Gasteiger partial charge on any atom is 0.416 e. The van der Waals surface area contributed by atoms with Crippen LogP contribution in [0.4, 0.5) is 13.2 Å². The largest absolute Gasteiger partial charge is 0.416 e. The Kier molecular flexibility index (Phi) is 9.26. The van der Waals surface area contributed by atoms with Gasteiger partial charge < -0.3 is 14.7 Å². The lowest BCUT2D eigenvalue weighted by atomic mass is 10.0. The second-order valence-corrected chi connectivity index (χ2v) is 9.31. The maximum absolute atomic E-state index is 13.5. The van der Waals surface area contributed by atoms with Crippen molar-refractivity contribution in [3.8, 4) is 0 Å². The SMILES string of the molecule is C[C@@H]1CN([C@H](C)CO)C(=O)CCCn2nncc2CO[C@H]1CN(C)Cc1ccccc1C(F)(F)F. The summed E-state index contributed by atoms with van der Waals surface area (Å²) in [7, 11) is 1.75. The topological polar surface area (TPSA) is 83.7 Å². The van der Waals surface area contributed by atoms with Gasteiger partial charge >= 0.3 is 6.18 Å². The molecule has 194 valence electrons. The van der Waals surface area contributed by atoms with E-state index in [0.717, 1.165) is 11.8 Å². The molecule has 0 unspecified atom stereocenters. The Morgan fingerprint density at radius 2 is 2.06 bits per heavy atom. The fraction of sp³-hybridized carbons (Fsp3) is 0.625. The van der Waals surface area contributed by atoms with Crippen molar-refractivity contribution in [3.63, 3.8) is 0 Å². The number of aliphatic hydroxyl groups is 1. The van der Waals surface area contributed by atoms with Crippen molar-refractivity contribution in [1.29, 1.82) is 0 Å². The molecule has 1 N–H and O–H groups in total. The average molecular weight is 498 g/mol. The first-order chi connectivity index (χ1) is 16.6. The summed E-state index contributed by atoms with van der Waals surface area (Å²) < 4.78 is 48.3. The number of hydrogen-bond acceptors (Lipinski definition) is 6. The Balaban J connectivity index is 1.81. The Morgan fingerprint density at radius 3 is 2.77 bits per heavy atom. The lowest BCUT2D eigenvalue weighted by molar-refractivity contribution is -0.138. The standard InChI is InChI=1S/C24H34F3N5O3/c1-17-12-31(18(2)15-33)23(34)9-6-10-32-20(11-28-29-32)16-35-22(17)14-30(3)13-19-7-4-5-8-21(19)24(25,26)27/h4-5,7-8,11,17-18,22,33H,6,9-10,12-16H2,1-3H3/t17-,18-,22+/m1/s1. The third-order valence-electron chi connectivity index (χ3n) is 6.39. The number of alkyl halides is 3. The van der Waals surface area contributed by atoms with E-state index < -0.39 is 11.7 Å². The summed E-state index contributed by atoms with van der Waals surface area (Å²) in [6.45, 7) is 5.16. The van der Waals surface area contributed by atoms with Gasteiger partial charge in [0.05, 0.1) is 42.8 Å². The number of likely N-dealkylation sites (N-methyl/N-ethyl adjacent to an activating group) is 1. The van der Waals surface area contributed by atoms with Crippen LogP contribution in [0.15, 0.2) is 30.5 Å². The highest BCUT2D eigenvalue weighted by Gasteiger charge is 2.33. The van der Waals surface area contributed by atoms with Gasteiger partial charge in [-0.1, -0.05) is 30.3 Å². The van der Waals surface area contributed by atoms with Gasteiger partial charge in [0.25, 0.3) is 0 Å². The Labute approximate surface area is 203 Å². The van der Waals surface area contributed by atoms with Crippen molar-refractivity contribution < 1.29 is 27.8 Å². The van der Waals surface area contributed by atoms with Gasteiger partial charge in [-0.25, -0.2) is 4.68 Å². The molecule has 0 saturated heterocycles. The van der Waals surface area contributed by atoms with Crippen LogP contribution in [0.25, 0.3) is 0 Å². The number of hydrogen-bond donors (Lipinski definition) is 1. The third kappa shape index (κ3) is 7.25. The Morgan fingerprint density at radius 1 is 1.31 bits per heavy atom. The van der Waals surface area contributed by atoms with Crippen molar-refractivity contribution in [1.82, 2.24) is 24.8 Å². The zero-order valence-electron chi connectivity index (χ0n) is 20.4. The van der Waals surface area contributed by atoms with E-state index in [0.29, 0.717) is 32.5 Å². The smallest absolute Gasteiger partial charge is 0.394 e. The monoisotopic (exact) mass is 497 g/mol. The van der Waals surface area contributed by atoms with Gasteiger partial charge in [0.15, 0.2) is 0 Å². The van der Waals surface area contributed by atoms with Crippen LogP contribution in [0.5, 0.6) is 0 Å². The number of halogens is 3. The summed E-state index contributed by atoms with van der Waals surface area (Å²) in [5, 5.41) is 17.7. The molecule has 3 rings (SSSR count). The van der Waals surface area contributed by atoms with Crippen molar-refractivity contribution >= 4 is 5.91 Å². The van der Waals surface area contributed by atoms with Gasteiger partial charge in [0.1, 0.15) is 0 Å². The summed E-state index contributed by atoms with van der Waals surface area (Å²) >= 11 is 0. The summed E-state index contributed by atoms with van der Waals surface area (Å²) in [5.74, 6) is -0.205. The number of amides is 1. The maximum atomic E-state index is 13.5. The molecule has 8 nitrogen and oxygen atoms in total. The van der Waals surface area contributed by atoms with E-state index in [1.165, 1.54) is 12.1 Å². The number of nitrogens with zero attached hydrogens (tertiary/aromatic N) is 5. The molecule has 1 amide bonds. The first kappa shape index (κ1) is 27.1. The number of fused-ring (bicyclic) bond motifs is 1. The first-order valence-corrected chi connectivity index (χ1v) is 11.8. The van der Waals surface area contributed by atoms with Crippen LogP contribution >= 0.6 is 0 Å². The lowest BCUT2D eigenvalue weighted by Crippen LogP contribution is -2.47. The molecule has 1 aliphatic rings. The molecule has 1 aromatic carbocycles. The summed E-state index contributed by atoms with van der Waals surface area (Å²) in [5.41, 5.74) is 0.320. The Hall–Kier alpha value is -2.50. The zero-order valence-corrected chi connectivity index (χ0v) is 20.4. The molecule has 11 heteroatoms. The van der Waals surface area contributed by atoms with Crippen molar-refractivity contribution in [2.45, 2.75) is 64.7 Å². The molecule has 0 spiro atoms. The Bertz CT molecular complexity index is 968. The molecule has 2 aromatic rings. The van der Waals surface area contributed by atoms with Crippen LogP contribution in [0.1, 0.15) is 43.5 Å². The van der Waals surface area contributed by atoms with Gasteiger partial charge in [0.2, 0.25) is 5.91 Å². The second-order valence-electron chi connectivity index (χ2n) is 9.31. The van der Waals surface area contributed by atoms with E-state index in [9.17, 15) is 23.1 Å². The van der Waals surface area contributed by atoms with Gasteiger partial charge in [-0.2, -0.15) is 13.2 Å². The molecule has 0 bridgehead atoms. The highest BCUT2D eigenvalue weighted by atomic mass is 19.4. The van der Waals surface area contributed by atoms with Gasteiger partial charge in [-0.3, -0.25) is 9.69 Å². The molecule has 3 atom stereocenters.